The normalized spacial score (nSPS) is 34.6. The largest absolute Gasteiger partial charge is 0.393 e. The first-order valence-corrected chi connectivity index (χ1v) is 8.47. The van der Waals surface area contributed by atoms with Crippen molar-refractivity contribution in [1.29, 1.82) is 5.26 Å². The smallest absolute Gasteiger partial charge is 0.0672 e. The van der Waals surface area contributed by atoms with Gasteiger partial charge in [-0.2, -0.15) is 5.26 Å². The summed E-state index contributed by atoms with van der Waals surface area (Å²) in [6.45, 7) is 6.31. The molecule has 4 atom stereocenters. The zero-order valence-electron chi connectivity index (χ0n) is 13.1. The van der Waals surface area contributed by atoms with Crippen molar-refractivity contribution in [2.45, 2.75) is 70.9 Å². The van der Waals surface area contributed by atoms with E-state index >= 15 is 0 Å². The van der Waals surface area contributed by atoms with E-state index in [4.69, 9.17) is 0 Å². The minimum atomic E-state index is -0.178. The van der Waals surface area contributed by atoms with E-state index in [0.29, 0.717) is 12.0 Å². The van der Waals surface area contributed by atoms with Crippen molar-refractivity contribution in [2.75, 3.05) is 13.1 Å². The summed E-state index contributed by atoms with van der Waals surface area (Å²) in [6, 6.07) is 3.03. The molecule has 2 fully saturated rings. The average molecular weight is 278 g/mol. The molecule has 1 aliphatic heterocycles. The van der Waals surface area contributed by atoms with Gasteiger partial charge in [-0.25, -0.2) is 0 Å². The van der Waals surface area contributed by atoms with Crippen molar-refractivity contribution in [1.82, 2.24) is 4.90 Å². The molecule has 1 saturated heterocycles. The van der Waals surface area contributed by atoms with Gasteiger partial charge in [0, 0.05) is 6.04 Å². The lowest BCUT2D eigenvalue weighted by molar-refractivity contribution is 0.0292. The summed E-state index contributed by atoms with van der Waals surface area (Å²) in [5, 5.41) is 19.1. The van der Waals surface area contributed by atoms with E-state index in [0.717, 1.165) is 38.3 Å². The standard InChI is InChI=1S/C17H30N2O/c1-3-4-14-5-6-16(12-18)17(11-14)19-9-7-15(8-10-19)13(2)20/h13-17,20H,3-11H2,1-2H3. The summed E-state index contributed by atoms with van der Waals surface area (Å²) < 4.78 is 0. The van der Waals surface area contributed by atoms with E-state index in [1.165, 1.54) is 25.7 Å². The first kappa shape index (κ1) is 15.8. The third-order valence-electron chi connectivity index (χ3n) is 5.51. The Kier molecular flexibility index (Phi) is 5.86. The predicted molar refractivity (Wildman–Crippen MR) is 81.1 cm³/mol. The van der Waals surface area contributed by atoms with Gasteiger partial charge in [-0.3, -0.25) is 4.90 Å². The Hall–Kier alpha value is -0.590. The van der Waals surface area contributed by atoms with Crippen molar-refractivity contribution in [3.8, 4) is 6.07 Å². The summed E-state index contributed by atoms with van der Waals surface area (Å²) in [5.74, 6) is 1.51. The number of aliphatic hydroxyl groups is 1. The Balaban J connectivity index is 1.93. The number of piperidine rings is 1. The fourth-order valence-electron chi connectivity index (χ4n) is 4.19. The minimum absolute atomic E-state index is 0.178. The molecular weight excluding hydrogens is 248 g/mol. The molecule has 0 bridgehead atoms. The molecule has 0 spiro atoms. The van der Waals surface area contributed by atoms with Crippen LogP contribution in [0.3, 0.4) is 0 Å². The molecule has 0 radical (unpaired) electrons. The van der Waals surface area contributed by atoms with Gasteiger partial charge in [0.2, 0.25) is 0 Å². The Morgan fingerprint density at radius 1 is 1.25 bits per heavy atom. The molecule has 0 amide bonds. The van der Waals surface area contributed by atoms with Gasteiger partial charge in [0.1, 0.15) is 0 Å². The molecule has 3 heteroatoms. The van der Waals surface area contributed by atoms with E-state index in [1.807, 2.05) is 6.92 Å². The maximum atomic E-state index is 9.71. The van der Waals surface area contributed by atoms with E-state index in [9.17, 15) is 10.4 Å². The fourth-order valence-corrected chi connectivity index (χ4v) is 4.19. The molecule has 2 rings (SSSR count). The summed E-state index contributed by atoms with van der Waals surface area (Å²) in [6.07, 6.45) is 8.12. The zero-order chi connectivity index (χ0) is 14.5. The van der Waals surface area contributed by atoms with E-state index in [2.05, 4.69) is 17.9 Å². The monoisotopic (exact) mass is 278 g/mol. The summed E-state index contributed by atoms with van der Waals surface area (Å²) >= 11 is 0. The van der Waals surface area contributed by atoms with Crippen LogP contribution in [-0.2, 0) is 0 Å². The van der Waals surface area contributed by atoms with Crippen LogP contribution in [0.15, 0.2) is 0 Å². The average Bonchev–Trinajstić information content (AvgIpc) is 2.47. The second-order valence-corrected chi connectivity index (χ2v) is 6.88. The Morgan fingerprint density at radius 3 is 2.50 bits per heavy atom. The predicted octanol–water partition coefficient (Wildman–Crippen LogP) is 3.19. The second kappa shape index (κ2) is 7.43. The second-order valence-electron chi connectivity index (χ2n) is 6.88. The van der Waals surface area contributed by atoms with Crippen LogP contribution in [0.1, 0.15) is 58.8 Å². The number of rotatable bonds is 4. The highest BCUT2D eigenvalue weighted by atomic mass is 16.3. The highest BCUT2D eigenvalue weighted by Crippen LogP contribution is 2.36. The molecular formula is C17H30N2O. The van der Waals surface area contributed by atoms with Crippen LogP contribution in [0.25, 0.3) is 0 Å². The quantitative estimate of drug-likeness (QED) is 0.859. The molecule has 1 heterocycles. The Labute approximate surface area is 124 Å². The number of hydrogen-bond donors (Lipinski definition) is 1. The van der Waals surface area contributed by atoms with Crippen LogP contribution in [0.4, 0.5) is 0 Å². The van der Waals surface area contributed by atoms with Crippen LogP contribution in [0.2, 0.25) is 0 Å². The number of likely N-dealkylation sites (tertiary alicyclic amines) is 1. The molecule has 3 nitrogen and oxygen atoms in total. The van der Waals surface area contributed by atoms with Crippen molar-refractivity contribution in [2.24, 2.45) is 17.8 Å². The molecule has 4 unspecified atom stereocenters. The number of nitrogens with zero attached hydrogens (tertiary/aromatic N) is 2. The molecule has 0 aromatic carbocycles. The van der Waals surface area contributed by atoms with Crippen molar-refractivity contribution in [3.63, 3.8) is 0 Å². The number of hydrogen-bond acceptors (Lipinski definition) is 3. The number of aliphatic hydroxyl groups excluding tert-OH is 1. The van der Waals surface area contributed by atoms with Crippen molar-refractivity contribution in [3.05, 3.63) is 0 Å². The van der Waals surface area contributed by atoms with Crippen molar-refractivity contribution >= 4 is 0 Å². The zero-order valence-corrected chi connectivity index (χ0v) is 13.1. The molecule has 0 aromatic rings. The lowest BCUT2D eigenvalue weighted by Crippen LogP contribution is -2.48. The number of nitriles is 1. The van der Waals surface area contributed by atoms with Gasteiger partial charge in [-0.05, 0) is 64.0 Å². The van der Waals surface area contributed by atoms with Gasteiger partial charge < -0.3 is 5.11 Å². The highest BCUT2D eigenvalue weighted by Gasteiger charge is 2.36. The van der Waals surface area contributed by atoms with Crippen LogP contribution in [-0.4, -0.2) is 35.2 Å². The van der Waals surface area contributed by atoms with Crippen LogP contribution >= 0.6 is 0 Å². The molecule has 1 aliphatic carbocycles. The van der Waals surface area contributed by atoms with Gasteiger partial charge >= 0.3 is 0 Å². The molecule has 1 N–H and O–H groups in total. The van der Waals surface area contributed by atoms with Gasteiger partial charge in [-0.1, -0.05) is 19.8 Å². The third-order valence-corrected chi connectivity index (χ3v) is 5.51. The first-order valence-electron chi connectivity index (χ1n) is 8.47. The van der Waals surface area contributed by atoms with Crippen LogP contribution in [0, 0.1) is 29.1 Å². The molecule has 2 aliphatic rings. The summed E-state index contributed by atoms with van der Waals surface area (Å²) in [4.78, 5) is 2.55. The van der Waals surface area contributed by atoms with E-state index in [-0.39, 0.29) is 12.0 Å². The van der Waals surface area contributed by atoms with E-state index in [1.54, 1.807) is 0 Å². The first-order chi connectivity index (χ1) is 9.65. The van der Waals surface area contributed by atoms with Gasteiger partial charge in [-0.15, -0.1) is 0 Å². The SMILES string of the molecule is CCCC1CCC(C#N)C(N2CCC(C(C)O)CC2)C1. The summed E-state index contributed by atoms with van der Waals surface area (Å²) in [5.41, 5.74) is 0. The third kappa shape index (κ3) is 3.74. The maximum absolute atomic E-state index is 9.71. The Bertz CT molecular complexity index is 328. The van der Waals surface area contributed by atoms with Crippen LogP contribution < -0.4 is 0 Å². The molecule has 20 heavy (non-hydrogen) atoms. The minimum Gasteiger partial charge on any atom is -0.393 e. The van der Waals surface area contributed by atoms with Crippen LogP contribution in [0.5, 0.6) is 0 Å². The topological polar surface area (TPSA) is 47.3 Å². The molecule has 1 saturated carbocycles. The molecule has 114 valence electrons. The van der Waals surface area contributed by atoms with Gasteiger partial charge in [0.25, 0.3) is 0 Å². The van der Waals surface area contributed by atoms with E-state index < -0.39 is 0 Å². The van der Waals surface area contributed by atoms with Gasteiger partial charge in [0.05, 0.1) is 18.1 Å². The summed E-state index contributed by atoms with van der Waals surface area (Å²) in [7, 11) is 0. The lowest BCUT2D eigenvalue weighted by atomic mass is 9.75. The Morgan fingerprint density at radius 2 is 1.95 bits per heavy atom. The van der Waals surface area contributed by atoms with Gasteiger partial charge in [0.15, 0.2) is 0 Å². The highest BCUT2D eigenvalue weighted by molar-refractivity contribution is 4.98. The fraction of sp³-hybridized carbons (Fsp3) is 0.941. The maximum Gasteiger partial charge on any atom is 0.0672 e. The lowest BCUT2D eigenvalue weighted by Gasteiger charge is -2.43. The molecule has 0 aromatic heterocycles. The van der Waals surface area contributed by atoms with Crippen molar-refractivity contribution < 1.29 is 5.11 Å².